The van der Waals surface area contributed by atoms with Crippen LogP contribution < -0.4 is 5.32 Å². The van der Waals surface area contributed by atoms with Crippen LogP contribution >= 0.6 is 11.3 Å². The lowest BCUT2D eigenvalue weighted by molar-refractivity contribution is 0.628. The van der Waals surface area contributed by atoms with Gasteiger partial charge in [-0.25, -0.2) is 14.4 Å². The summed E-state index contributed by atoms with van der Waals surface area (Å²) in [5.41, 5.74) is 5.46. The first-order valence-corrected chi connectivity index (χ1v) is 9.19. The van der Waals surface area contributed by atoms with Gasteiger partial charge in [-0.2, -0.15) is 0 Å². The molecule has 0 atom stereocenters. The van der Waals surface area contributed by atoms with E-state index in [1.54, 1.807) is 29.8 Å². The number of rotatable bonds is 3. The molecule has 1 N–H and O–H groups in total. The van der Waals surface area contributed by atoms with E-state index in [4.69, 9.17) is 0 Å². The highest BCUT2D eigenvalue weighted by atomic mass is 32.1. The second-order valence-corrected chi connectivity index (χ2v) is 7.52. The lowest BCUT2D eigenvalue weighted by Gasteiger charge is -2.12. The van der Waals surface area contributed by atoms with Crippen molar-refractivity contribution in [3.63, 3.8) is 0 Å². The Balaban J connectivity index is 1.91. The van der Waals surface area contributed by atoms with Crippen LogP contribution in [0.3, 0.4) is 0 Å². The average Bonchev–Trinajstić information content (AvgIpc) is 2.97. The Hall–Kier alpha value is -2.79. The van der Waals surface area contributed by atoms with Gasteiger partial charge in [-0.05, 0) is 55.7 Å². The number of nitrogens with one attached hydrogen (secondary N) is 1. The number of halogens is 1. The van der Waals surface area contributed by atoms with Crippen LogP contribution in [0, 0.1) is 26.6 Å². The number of nitrogens with zero attached hydrogens (tertiary/aromatic N) is 2. The largest absolute Gasteiger partial charge is 0.339 e. The molecule has 0 radical (unpaired) electrons. The maximum absolute atomic E-state index is 13.4. The van der Waals surface area contributed by atoms with E-state index >= 15 is 0 Å². The maximum atomic E-state index is 13.4. The molecule has 2 heterocycles. The summed E-state index contributed by atoms with van der Waals surface area (Å²) in [6.45, 7) is 6.25. The zero-order chi connectivity index (χ0) is 18.3. The molecule has 0 bridgehead atoms. The number of anilines is 2. The van der Waals surface area contributed by atoms with Gasteiger partial charge in [-0.15, -0.1) is 11.3 Å². The van der Waals surface area contributed by atoms with Gasteiger partial charge in [0.05, 0.1) is 5.39 Å². The van der Waals surface area contributed by atoms with Crippen molar-refractivity contribution in [2.24, 2.45) is 0 Å². The van der Waals surface area contributed by atoms with Gasteiger partial charge < -0.3 is 5.32 Å². The fourth-order valence-electron chi connectivity index (χ4n) is 3.12. The van der Waals surface area contributed by atoms with E-state index in [9.17, 15) is 4.39 Å². The molecule has 4 rings (SSSR count). The predicted molar refractivity (Wildman–Crippen MR) is 107 cm³/mol. The monoisotopic (exact) mass is 363 g/mol. The van der Waals surface area contributed by atoms with Crippen LogP contribution in [0.1, 0.15) is 16.0 Å². The highest BCUT2D eigenvalue weighted by molar-refractivity contribution is 7.19. The summed E-state index contributed by atoms with van der Waals surface area (Å²) >= 11 is 1.63. The molecule has 2 aromatic heterocycles. The van der Waals surface area contributed by atoms with Crippen molar-refractivity contribution in [1.29, 1.82) is 0 Å². The van der Waals surface area contributed by atoms with Gasteiger partial charge in [-0.1, -0.05) is 24.3 Å². The van der Waals surface area contributed by atoms with Gasteiger partial charge in [0.2, 0.25) is 0 Å². The van der Waals surface area contributed by atoms with Crippen LogP contribution in [0.5, 0.6) is 0 Å². The summed E-state index contributed by atoms with van der Waals surface area (Å²) in [6, 6.07) is 12.8. The van der Waals surface area contributed by atoms with Gasteiger partial charge in [0, 0.05) is 16.1 Å². The standard InChI is InChI=1S/C21H18FN3S/c1-12-5-4-6-17(13(12)2)25-20-19-18(15-7-9-16(22)10-8-15)14(3)26-21(19)24-11-23-20/h4-11H,1-3H3,(H,23,24,25). The Labute approximate surface area is 155 Å². The summed E-state index contributed by atoms with van der Waals surface area (Å²) < 4.78 is 13.4. The summed E-state index contributed by atoms with van der Waals surface area (Å²) in [7, 11) is 0. The summed E-state index contributed by atoms with van der Waals surface area (Å²) in [5.74, 6) is 0.531. The fourth-order valence-corrected chi connectivity index (χ4v) is 4.13. The number of aromatic nitrogens is 2. The van der Waals surface area contributed by atoms with E-state index in [1.807, 2.05) is 12.1 Å². The Morgan fingerprint density at radius 2 is 1.73 bits per heavy atom. The van der Waals surface area contributed by atoms with Crippen molar-refractivity contribution in [1.82, 2.24) is 9.97 Å². The van der Waals surface area contributed by atoms with Crippen molar-refractivity contribution >= 4 is 33.1 Å². The van der Waals surface area contributed by atoms with E-state index in [-0.39, 0.29) is 5.82 Å². The van der Waals surface area contributed by atoms with Crippen LogP contribution in [0.25, 0.3) is 21.3 Å². The molecule has 0 saturated heterocycles. The molecule has 0 fully saturated rings. The molecule has 0 aliphatic rings. The number of hydrogen-bond donors (Lipinski definition) is 1. The molecular formula is C21H18FN3S. The van der Waals surface area contributed by atoms with Crippen molar-refractivity contribution < 1.29 is 4.39 Å². The number of fused-ring (bicyclic) bond motifs is 1. The van der Waals surface area contributed by atoms with Crippen molar-refractivity contribution in [3.05, 3.63) is 70.6 Å². The first-order valence-electron chi connectivity index (χ1n) is 8.38. The molecule has 0 aliphatic carbocycles. The molecular weight excluding hydrogens is 345 g/mol. The van der Waals surface area contributed by atoms with E-state index in [1.165, 1.54) is 23.3 Å². The lowest BCUT2D eigenvalue weighted by atomic mass is 10.0. The number of hydrogen-bond acceptors (Lipinski definition) is 4. The summed E-state index contributed by atoms with van der Waals surface area (Å²) in [4.78, 5) is 11.0. The minimum absolute atomic E-state index is 0.240. The molecule has 0 aliphatic heterocycles. The van der Waals surface area contributed by atoms with Gasteiger partial charge in [-0.3, -0.25) is 0 Å². The van der Waals surface area contributed by atoms with Crippen LogP contribution in [0.2, 0.25) is 0 Å². The normalized spacial score (nSPS) is 11.1. The predicted octanol–water partition coefficient (Wildman–Crippen LogP) is 6.17. The third-order valence-corrected chi connectivity index (χ3v) is 5.67. The molecule has 0 unspecified atom stereocenters. The molecule has 0 saturated carbocycles. The van der Waals surface area contributed by atoms with E-state index in [0.717, 1.165) is 37.7 Å². The Morgan fingerprint density at radius 3 is 2.50 bits per heavy atom. The second kappa shape index (κ2) is 6.50. The quantitative estimate of drug-likeness (QED) is 0.473. The zero-order valence-electron chi connectivity index (χ0n) is 14.8. The third kappa shape index (κ3) is 2.84. The SMILES string of the molecule is Cc1cccc(Nc2ncnc3sc(C)c(-c4ccc(F)cc4)c23)c1C. The molecule has 3 nitrogen and oxygen atoms in total. The maximum Gasteiger partial charge on any atom is 0.143 e. The molecule has 26 heavy (non-hydrogen) atoms. The van der Waals surface area contributed by atoms with E-state index in [2.05, 4.69) is 42.1 Å². The minimum Gasteiger partial charge on any atom is -0.339 e. The third-order valence-electron chi connectivity index (χ3n) is 4.65. The van der Waals surface area contributed by atoms with Gasteiger partial charge >= 0.3 is 0 Å². The Morgan fingerprint density at radius 1 is 0.962 bits per heavy atom. The molecule has 4 aromatic rings. The van der Waals surface area contributed by atoms with E-state index in [0.29, 0.717) is 0 Å². The first kappa shape index (κ1) is 16.7. The van der Waals surface area contributed by atoms with Crippen molar-refractivity contribution in [2.75, 3.05) is 5.32 Å². The second-order valence-electron chi connectivity index (χ2n) is 6.32. The smallest absolute Gasteiger partial charge is 0.143 e. The van der Waals surface area contributed by atoms with Crippen molar-refractivity contribution in [2.45, 2.75) is 20.8 Å². The number of aryl methyl sites for hydroxylation is 2. The average molecular weight is 363 g/mol. The van der Waals surface area contributed by atoms with Gasteiger partial charge in [0.1, 0.15) is 22.8 Å². The molecule has 0 spiro atoms. The first-order chi connectivity index (χ1) is 12.5. The number of thiophene rings is 1. The minimum atomic E-state index is -0.240. The fraction of sp³-hybridized carbons (Fsp3) is 0.143. The Bertz CT molecular complexity index is 1100. The molecule has 0 amide bonds. The van der Waals surface area contributed by atoms with Gasteiger partial charge in [0.25, 0.3) is 0 Å². The summed E-state index contributed by atoms with van der Waals surface area (Å²) in [5, 5.41) is 4.45. The number of benzene rings is 2. The Kier molecular flexibility index (Phi) is 4.17. The molecule has 5 heteroatoms. The van der Waals surface area contributed by atoms with Crippen molar-refractivity contribution in [3.8, 4) is 11.1 Å². The lowest BCUT2D eigenvalue weighted by Crippen LogP contribution is -1.98. The van der Waals surface area contributed by atoms with Crippen LogP contribution in [0.4, 0.5) is 15.9 Å². The van der Waals surface area contributed by atoms with Crippen LogP contribution in [0.15, 0.2) is 48.8 Å². The van der Waals surface area contributed by atoms with Crippen LogP contribution in [-0.4, -0.2) is 9.97 Å². The van der Waals surface area contributed by atoms with E-state index < -0.39 is 0 Å². The summed E-state index contributed by atoms with van der Waals surface area (Å²) in [6.07, 6.45) is 1.58. The highest BCUT2D eigenvalue weighted by Crippen LogP contribution is 2.41. The van der Waals surface area contributed by atoms with Gasteiger partial charge in [0.15, 0.2) is 0 Å². The molecule has 130 valence electrons. The topological polar surface area (TPSA) is 37.8 Å². The zero-order valence-corrected chi connectivity index (χ0v) is 15.6. The van der Waals surface area contributed by atoms with Crippen LogP contribution in [-0.2, 0) is 0 Å². The molecule has 2 aromatic carbocycles. The highest BCUT2D eigenvalue weighted by Gasteiger charge is 2.17.